The molecule has 2 rings (SSSR count). The van der Waals surface area contributed by atoms with Crippen molar-refractivity contribution in [3.05, 3.63) is 45.4 Å². The summed E-state index contributed by atoms with van der Waals surface area (Å²) in [5, 5.41) is 3.40. The Balaban J connectivity index is 1.96. The molecule has 2 nitrogen and oxygen atoms in total. The molecule has 0 spiro atoms. The largest absolute Gasteiger partial charge is 0.380 e. The van der Waals surface area contributed by atoms with E-state index in [4.69, 9.17) is 11.6 Å². The highest BCUT2D eigenvalue weighted by Crippen LogP contribution is 2.20. The second-order valence-corrected chi connectivity index (χ2v) is 6.43. The molecular formula is C14H17ClN2S. The minimum atomic E-state index is 0.598. The summed E-state index contributed by atoms with van der Waals surface area (Å²) in [6.07, 6.45) is 2.93. The van der Waals surface area contributed by atoms with Gasteiger partial charge in [0.2, 0.25) is 0 Å². The van der Waals surface area contributed by atoms with E-state index in [-0.39, 0.29) is 0 Å². The number of benzene rings is 1. The van der Waals surface area contributed by atoms with Crippen LogP contribution in [-0.2, 0) is 13.0 Å². The Kier molecular flexibility index (Phi) is 4.61. The van der Waals surface area contributed by atoms with Crippen LogP contribution in [0.5, 0.6) is 0 Å². The van der Waals surface area contributed by atoms with Crippen LogP contribution in [0.1, 0.15) is 24.3 Å². The number of nitrogens with zero attached hydrogens (tertiary/aromatic N) is 1. The zero-order valence-corrected chi connectivity index (χ0v) is 12.2. The highest BCUT2D eigenvalue weighted by atomic mass is 35.5. The van der Waals surface area contributed by atoms with E-state index in [2.05, 4.69) is 48.4 Å². The fourth-order valence-electron chi connectivity index (χ4n) is 1.83. The SMILES string of the molecule is CC(C)Cc1cccc(NCc2cnc(Cl)s2)c1. The minimum Gasteiger partial charge on any atom is -0.380 e. The summed E-state index contributed by atoms with van der Waals surface area (Å²) in [6, 6.07) is 8.57. The molecule has 0 atom stereocenters. The van der Waals surface area contributed by atoms with Crippen molar-refractivity contribution < 1.29 is 0 Å². The number of aromatic nitrogens is 1. The van der Waals surface area contributed by atoms with Crippen molar-refractivity contribution in [1.82, 2.24) is 4.98 Å². The van der Waals surface area contributed by atoms with E-state index in [1.54, 1.807) is 0 Å². The molecule has 1 N–H and O–H groups in total. The summed E-state index contributed by atoms with van der Waals surface area (Å²) in [4.78, 5) is 5.18. The van der Waals surface area contributed by atoms with Gasteiger partial charge < -0.3 is 5.32 Å². The maximum absolute atomic E-state index is 5.80. The van der Waals surface area contributed by atoms with Gasteiger partial charge in [-0.1, -0.05) is 37.6 Å². The van der Waals surface area contributed by atoms with E-state index < -0.39 is 0 Å². The molecule has 0 saturated heterocycles. The van der Waals surface area contributed by atoms with E-state index in [0.717, 1.165) is 23.5 Å². The lowest BCUT2D eigenvalue weighted by molar-refractivity contribution is 0.647. The van der Waals surface area contributed by atoms with Gasteiger partial charge >= 0.3 is 0 Å². The number of hydrogen-bond donors (Lipinski definition) is 1. The van der Waals surface area contributed by atoms with Crippen molar-refractivity contribution in [2.75, 3.05) is 5.32 Å². The minimum absolute atomic E-state index is 0.598. The molecule has 18 heavy (non-hydrogen) atoms. The molecule has 1 aromatic carbocycles. The van der Waals surface area contributed by atoms with Crippen LogP contribution in [0, 0.1) is 5.92 Å². The highest BCUT2D eigenvalue weighted by molar-refractivity contribution is 7.15. The second kappa shape index (κ2) is 6.21. The predicted molar refractivity (Wildman–Crippen MR) is 79.4 cm³/mol. The van der Waals surface area contributed by atoms with Crippen LogP contribution in [0.25, 0.3) is 0 Å². The first-order chi connectivity index (χ1) is 8.63. The predicted octanol–water partition coefficient (Wildman–Crippen LogP) is 4.61. The lowest BCUT2D eigenvalue weighted by Gasteiger charge is -2.09. The molecule has 1 heterocycles. The van der Waals surface area contributed by atoms with Gasteiger partial charge in [0.15, 0.2) is 4.47 Å². The third kappa shape index (κ3) is 4.00. The molecule has 0 unspecified atom stereocenters. The highest BCUT2D eigenvalue weighted by Gasteiger charge is 2.01. The van der Waals surface area contributed by atoms with Gasteiger partial charge in [-0.25, -0.2) is 4.98 Å². The van der Waals surface area contributed by atoms with Crippen molar-refractivity contribution in [1.29, 1.82) is 0 Å². The average Bonchev–Trinajstić information content (AvgIpc) is 2.72. The maximum Gasteiger partial charge on any atom is 0.183 e. The summed E-state index contributed by atoms with van der Waals surface area (Å²) in [7, 11) is 0. The lowest BCUT2D eigenvalue weighted by Crippen LogP contribution is -1.99. The number of rotatable bonds is 5. The molecule has 2 aromatic rings. The Morgan fingerprint density at radius 1 is 1.39 bits per heavy atom. The van der Waals surface area contributed by atoms with E-state index in [1.165, 1.54) is 16.9 Å². The van der Waals surface area contributed by atoms with Crippen LogP contribution >= 0.6 is 22.9 Å². The van der Waals surface area contributed by atoms with E-state index in [0.29, 0.717) is 10.4 Å². The molecule has 0 aliphatic rings. The van der Waals surface area contributed by atoms with Crippen molar-refractivity contribution in [3.63, 3.8) is 0 Å². The normalized spacial score (nSPS) is 10.9. The van der Waals surface area contributed by atoms with Crippen molar-refractivity contribution in [2.24, 2.45) is 5.92 Å². The molecule has 0 bridgehead atoms. The van der Waals surface area contributed by atoms with Crippen molar-refractivity contribution in [2.45, 2.75) is 26.8 Å². The van der Waals surface area contributed by atoms with Gasteiger partial charge in [-0.15, -0.1) is 11.3 Å². The van der Waals surface area contributed by atoms with Gasteiger partial charge in [-0.3, -0.25) is 0 Å². The number of thiazole rings is 1. The Morgan fingerprint density at radius 3 is 2.89 bits per heavy atom. The number of hydrogen-bond acceptors (Lipinski definition) is 3. The van der Waals surface area contributed by atoms with E-state index in [1.807, 2.05) is 6.20 Å². The van der Waals surface area contributed by atoms with Crippen LogP contribution in [0.15, 0.2) is 30.5 Å². The molecular weight excluding hydrogens is 264 g/mol. The van der Waals surface area contributed by atoms with Gasteiger partial charge in [0.05, 0.1) is 6.54 Å². The van der Waals surface area contributed by atoms with Crippen molar-refractivity contribution >= 4 is 28.6 Å². The molecule has 0 aliphatic heterocycles. The summed E-state index contributed by atoms with van der Waals surface area (Å²) in [6.45, 7) is 5.24. The smallest absolute Gasteiger partial charge is 0.183 e. The zero-order chi connectivity index (χ0) is 13.0. The molecule has 0 fully saturated rings. The Labute approximate surface area is 117 Å². The third-order valence-corrected chi connectivity index (χ3v) is 3.68. The Hall–Kier alpha value is -1.06. The summed E-state index contributed by atoms with van der Waals surface area (Å²) < 4.78 is 0.598. The van der Waals surface area contributed by atoms with Crippen LogP contribution in [0.4, 0.5) is 5.69 Å². The summed E-state index contributed by atoms with van der Waals surface area (Å²) in [5.74, 6) is 0.681. The molecule has 0 radical (unpaired) electrons. The standard InChI is InChI=1S/C14H17ClN2S/c1-10(2)6-11-4-3-5-12(7-11)16-8-13-9-17-14(15)18-13/h3-5,7,9-10,16H,6,8H2,1-2H3. The monoisotopic (exact) mass is 280 g/mol. The fourth-order valence-corrected chi connectivity index (χ4v) is 2.75. The number of halogens is 1. The first-order valence-corrected chi connectivity index (χ1v) is 7.26. The van der Waals surface area contributed by atoms with Gasteiger partial charge in [-0.05, 0) is 30.0 Å². The third-order valence-electron chi connectivity index (χ3n) is 2.56. The van der Waals surface area contributed by atoms with E-state index in [9.17, 15) is 0 Å². The van der Waals surface area contributed by atoms with Crippen LogP contribution < -0.4 is 5.32 Å². The summed E-state index contributed by atoms with van der Waals surface area (Å²) >= 11 is 7.32. The quantitative estimate of drug-likeness (QED) is 0.865. The Bertz CT molecular complexity index is 508. The van der Waals surface area contributed by atoms with Gasteiger partial charge in [-0.2, -0.15) is 0 Å². The van der Waals surface area contributed by atoms with Crippen LogP contribution in [-0.4, -0.2) is 4.98 Å². The lowest BCUT2D eigenvalue weighted by atomic mass is 10.0. The first kappa shape index (κ1) is 13.4. The van der Waals surface area contributed by atoms with Gasteiger partial charge in [0.1, 0.15) is 0 Å². The van der Waals surface area contributed by atoms with Gasteiger partial charge in [0.25, 0.3) is 0 Å². The topological polar surface area (TPSA) is 24.9 Å². The molecule has 0 aliphatic carbocycles. The van der Waals surface area contributed by atoms with E-state index >= 15 is 0 Å². The molecule has 0 amide bonds. The zero-order valence-electron chi connectivity index (χ0n) is 10.6. The maximum atomic E-state index is 5.80. The number of nitrogens with one attached hydrogen (secondary N) is 1. The second-order valence-electron chi connectivity index (χ2n) is 4.73. The first-order valence-electron chi connectivity index (χ1n) is 6.06. The molecule has 96 valence electrons. The van der Waals surface area contributed by atoms with Gasteiger partial charge in [0, 0.05) is 16.8 Å². The van der Waals surface area contributed by atoms with Crippen LogP contribution in [0.2, 0.25) is 4.47 Å². The summed E-state index contributed by atoms with van der Waals surface area (Å²) in [5.41, 5.74) is 2.52. The molecule has 4 heteroatoms. The van der Waals surface area contributed by atoms with Crippen molar-refractivity contribution in [3.8, 4) is 0 Å². The average molecular weight is 281 g/mol. The Morgan fingerprint density at radius 2 is 2.22 bits per heavy atom. The van der Waals surface area contributed by atoms with Crippen LogP contribution in [0.3, 0.4) is 0 Å². The number of anilines is 1. The molecule has 1 aromatic heterocycles. The molecule has 0 saturated carbocycles. The fraction of sp³-hybridized carbons (Fsp3) is 0.357.